The van der Waals surface area contributed by atoms with Gasteiger partial charge in [0.25, 0.3) is 0 Å². The van der Waals surface area contributed by atoms with Crippen LogP contribution in [0.2, 0.25) is 0 Å². The summed E-state index contributed by atoms with van der Waals surface area (Å²) in [6.45, 7) is 20.1. The van der Waals surface area contributed by atoms with Crippen LogP contribution in [0.3, 0.4) is 0 Å². The lowest BCUT2D eigenvalue weighted by Crippen LogP contribution is -2.11. The van der Waals surface area contributed by atoms with Crippen molar-refractivity contribution in [2.24, 2.45) is 0 Å². The fourth-order valence-corrected chi connectivity index (χ4v) is 3.91. The van der Waals surface area contributed by atoms with E-state index >= 15 is 0 Å². The highest BCUT2D eigenvalue weighted by Crippen LogP contribution is 2.28. The molecule has 1 heterocycles. The predicted octanol–water partition coefficient (Wildman–Crippen LogP) is 9.07. The molecule has 0 unspecified atom stereocenters. The number of hydrogen-bond acceptors (Lipinski definition) is 2. The van der Waals surface area contributed by atoms with Gasteiger partial charge in [-0.2, -0.15) is 5.10 Å². The first-order valence-electron chi connectivity index (χ1n) is 12.6. The number of benzene rings is 2. The summed E-state index contributed by atoms with van der Waals surface area (Å²) in [6, 6.07) is 17.0. The number of anilines is 1. The highest BCUT2D eigenvalue weighted by atomic mass is 19.1. The Morgan fingerprint density at radius 1 is 1.03 bits per heavy atom. The first-order valence-corrected chi connectivity index (χ1v) is 12.6. The first-order chi connectivity index (χ1) is 17.3. The molecule has 1 saturated carbocycles. The summed E-state index contributed by atoms with van der Waals surface area (Å²) in [5, 5.41) is 4.41. The van der Waals surface area contributed by atoms with Gasteiger partial charge in [-0.15, -0.1) is 0 Å². The lowest BCUT2D eigenvalue weighted by Gasteiger charge is -2.19. The molecule has 3 aromatic rings. The molecule has 1 fully saturated rings. The molecule has 0 amide bonds. The summed E-state index contributed by atoms with van der Waals surface area (Å²) < 4.78 is 16.1. The fraction of sp³-hybridized carbons (Fsp3) is 0.281. The van der Waals surface area contributed by atoms with Crippen molar-refractivity contribution in [2.45, 2.75) is 53.4 Å². The van der Waals surface area contributed by atoms with Gasteiger partial charge < -0.3 is 4.90 Å². The van der Waals surface area contributed by atoms with Gasteiger partial charge in [-0.05, 0) is 86.6 Å². The van der Waals surface area contributed by atoms with Gasteiger partial charge in [-0.3, -0.25) is 0 Å². The van der Waals surface area contributed by atoms with Crippen molar-refractivity contribution in [3.8, 4) is 5.69 Å². The number of hydrogen-bond donors (Lipinski definition) is 0. The topological polar surface area (TPSA) is 21.1 Å². The standard InChI is InChI=1S/C24H24FN3.C6H10.C2H6/c1-17-11-12-24(22(25)15-17)27(5)16-18(2)19(3)20(4)23-13-14-26-28(23)21-9-7-6-8-10-21;1-6-4-2-3-5-6;1-2/h6-16H,3-4H2,1-2,5H3;1-5H2;1-2H3/b18-16-;;. The highest BCUT2D eigenvalue weighted by molar-refractivity contribution is 5.80. The van der Waals surface area contributed by atoms with E-state index in [0.29, 0.717) is 5.69 Å². The molecule has 4 heteroatoms. The van der Waals surface area contributed by atoms with Crippen molar-refractivity contribution >= 4 is 11.3 Å². The molecule has 4 rings (SSSR count). The van der Waals surface area contributed by atoms with Crippen LogP contribution in [0.25, 0.3) is 11.3 Å². The molecule has 190 valence electrons. The predicted molar refractivity (Wildman–Crippen MR) is 154 cm³/mol. The van der Waals surface area contributed by atoms with Gasteiger partial charge in [0.05, 0.1) is 23.3 Å². The average molecular weight is 486 g/mol. The Kier molecular flexibility index (Phi) is 11.1. The second-order valence-electron chi connectivity index (χ2n) is 8.76. The van der Waals surface area contributed by atoms with Crippen molar-refractivity contribution in [1.29, 1.82) is 0 Å². The number of allylic oxidation sites excluding steroid dienone is 4. The molecular formula is C32H40FN3. The van der Waals surface area contributed by atoms with Crippen LogP contribution >= 0.6 is 0 Å². The van der Waals surface area contributed by atoms with Gasteiger partial charge in [-0.1, -0.05) is 63.4 Å². The monoisotopic (exact) mass is 485 g/mol. The van der Waals surface area contributed by atoms with Gasteiger partial charge in [-0.25, -0.2) is 9.07 Å². The van der Waals surface area contributed by atoms with Crippen LogP contribution < -0.4 is 4.90 Å². The van der Waals surface area contributed by atoms with Crippen LogP contribution in [0.4, 0.5) is 10.1 Å². The Bertz CT molecular complexity index is 1190. The van der Waals surface area contributed by atoms with E-state index < -0.39 is 0 Å². The quantitative estimate of drug-likeness (QED) is 0.256. The van der Waals surface area contributed by atoms with Crippen molar-refractivity contribution in [3.63, 3.8) is 0 Å². The summed E-state index contributed by atoms with van der Waals surface area (Å²) in [5.74, 6) is -0.252. The van der Waals surface area contributed by atoms with Crippen LogP contribution in [0.15, 0.2) is 103 Å². The molecule has 0 N–H and O–H groups in total. The third-order valence-electron chi connectivity index (χ3n) is 5.97. The Labute approximate surface area is 217 Å². The third-order valence-corrected chi connectivity index (χ3v) is 5.97. The zero-order chi connectivity index (χ0) is 26.7. The minimum Gasteiger partial charge on any atom is -0.348 e. The van der Waals surface area contributed by atoms with Crippen molar-refractivity contribution in [3.05, 3.63) is 121 Å². The van der Waals surface area contributed by atoms with Crippen LogP contribution in [0.1, 0.15) is 57.7 Å². The molecule has 3 nitrogen and oxygen atoms in total. The molecule has 36 heavy (non-hydrogen) atoms. The maximum absolute atomic E-state index is 14.3. The lowest BCUT2D eigenvalue weighted by atomic mass is 10.00. The van der Waals surface area contributed by atoms with E-state index in [9.17, 15) is 4.39 Å². The Morgan fingerprint density at radius 3 is 2.22 bits per heavy atom. The minimum absolute atomic E-state index is 0.252. The molecular weight excluding hydrogens is 445 g/mol. The van der Waals surface area contributed by atoms with E-state index in [2.05, 4.69) is 24.8 Å². The maximum atomic E-state index is 14.3. The van der Waals surface area contributed by atoms with Crippen LogP contribution in [-0.4, -0.2) is 16.8 Å². The molecule has 0 saturated heterocycles. The van der Waals surface area contributed by atoms with Gasteiger partial charge in [0.2, 0.25) is 0 Å². The fourth-order valence-electron chi connectivity index (χ4n) is 3.91. The second-order valence-corrected chi connectivity index (χ2v) is 8.76. The maximum Gasteiger partial charge on any atom is 0.147 e. The zero-order valence-electron chi connectivity index (χ0n) is 22.5. The number of rotatable bonds is 6. The first kappa shape index (κ1) is 28.6. The molecule has 0 bridgehead atoms. The molecule has 1 aromatic heterocycles. The second kappa shape index (κ2) is 14.0. The SMILES string of the molecule is C=C(C(=C)c1ccnn1-c1ccccc1)/C(C)=C\N(C)c1ccc(C)cc1F.C=C1CCCC1.CC. The Hall–Kier alpha value is -3.66. The summed E-state index contributed by atoms with van der Waals surface area (Å²) in [5.41, 5.74) is 7.12. The van der Waals surface area contributed by atoms with Crippen LogP contribution in [0.5, 0.6) is 0 Å². The van der Waals surface area contributed by atoms with E-state index in [1.165, 1.54) is 37.3 Å². The summed E-state index contributed by atoms with van der Waals surface area (Å²) in [6.07, 6.45) is 8.97. The van der Waals surface area contributed by atoms with E-state index in [1.54, 1.807) is 17.2 Å². The van der Waals surface area contributed by atoms with Gasteiger partial charge >= 0.3 is 0 Å². The highest BCUT2D eigenvalue weighted by Gasteiger charge is 2.13. The van der Waals surface area contributed by atoms with Gasteiger partial charge in [0.1, 0.15) is 5.82 Å². The van der Waals surface area contributed by atoms with E-state index in [-0.39, 0.29) is 5.82 Å². The summed E-state index contributed by atoms with van der Waals surface area (Å²) >= 11 is 0. The number of para-hydroxylation sites is 1. The van der Waals surface area contributed by atoms with E-state index in [0.717, 1.165) is 33.7 Å². The molecule has 1 aliphatic carbocycles. The molecule has 1 aliphatic rings. The van der Waals surface area contributed by atoms with Crippen LogP contribution in [0, 0.1) is 12.7 Å². The average Bonchev–Trinajstić information content (AvgIpc) is 3.57. The smallest absolute Gasteiger partial charge is 0.147 e. The lowest BCUT2D eigenvalue weighted by molar-refractivity contribution is 0.626. The van der Waals surface area contributed by atoms with Crippen molar-refractivity contribution in [2.75, 3.05) is 11.9 Å². The van der Waals surface area contributed by atoms with Gasteiger partial charge in [0, 0.05) is 18.8 Å². The molecule has 0 radical (unpaired) electrons. The number of aromatic nitrogens is 2. The molecule has 2 aromatic carbocycles. The van der Waals surface area contributed by atoms with Crippen molar-refractivity contribution in [1.82, 2.24) is 9.78 Å². The number of nitrogens with zero attached hydrogens (tertiary/aromatic N) is 3. The normalized spacial score (nSPS) is 12.7. The Morgan fingerprint density at radius 2 is 1.67 bits per heavy atom. The molecule has 0 aliphatic heterocycles. The number of halogens is 1. The van der Waals surface area contributed by atoms with Crippen LogP contribution in [-0.2, 0) is 0 Å². The Balaban J connectivity index is 0.000000491. The zero-order valence-corrected chi connectivity index (χ0v) is 22.5. The summed E-state index contributed by atoms with van der Waals surface area (Å²) in [4.78, 5) is 1.76. The molecule has 0 spiro atoms. The summed E-state index contributed by atoms with van der Waals surface area (Å²) in [7, 11) is 1.82. The molecule has 0 atom stereocenters. The third kappa shape index (κ3) is 7.67. The largest absolute Gasteiger partial charge is 0.348 e. The number of aryl methyl sites for hydroxylation is 1. The van der Waals surface area contributed by atoms with Crippen molar-refractivity contribution < 1.29 is 4.39 Å². The van der Waals surface area contributed by atoms with E-state index in [1.807, 2.05) is 88.1 Å². The minimum atomic E-state index is -0.252. The van der Waals surface area contributed by atoms with Gasteiger partial charge in [0.15, 0.2) is 0 Å². The van der Waals surface area contributed by atoms with E-state index in [4.69, 9.17) is 0 Å².